The van der Waals surface area contributed by atoms with Crippen LogP contribution in [0.1, 0.15) is 5.56 Å². The minimum atomic E-state index is -0.107. The van der Waals surface area contributed by atoms with E-state index in [1.807, 2.05) is 0 Å². The molecule has 2 aromatic rings. The molecule has 0 aliphatic carbocycles. The van der Waals surface area contributed by atoms with Crippen molar-refractivity contribution >= 4 is 11.6 Å². The predicted octanol–water partition coefficient (Wildman–Crippen LogP) is 3.02. The van der Waals surface area contributed by atoms with Crippen molar-refractivity contribution in [3.05, 3.63) is 53.2 Å². The molecule has 1 N–H and O–H groups in total. The number of nitrogens with zero attached hydrogens (tertiary/aromatic N) is 1. The van der Waals surface area contributed by atoms with E-state index < -0.39 is 0 Å². The Bertz CT molecular complexity index is 488. The van der Waals surface area contributed by atoms with Crippen molar-refractivity contribution in [2.45, 2.75) is 6.61 Å². The van der Waals surface area contributed by atoms with E-state index >= 15 is 0 Å². The summed E-state index contributed by atoms with van der Waals surface area (Å²) in [6.07, 6.45) is 1.61. The van der Waals surface area contributed by atoms with Crippen LogP contribution in [-0.4, -0.2) is 10.1 Å². The van der Waals surface area contributed by atoms with Crippen LogP contribution >= 0.6 is 11.6 Å². The van der Waals surface area contributed by atoms with Crippen molar-refractivity contribution in [2.24, 2.45) is 0 Å². The Kier molecular flexibility index (Phi) is 3.39. The van der Waals surface area contributed by atoms with Gasteiger partial charge in [0.05, 0.1) is 6.61 Å². The lowest BCUT2D eigenvalue weighted by Gasteiger charge is -2.07. The third kappa shape index (κ3) is 2.51. The maximum atomic E-state index is 9.10. The Hall–Kier alpha value is -1.58. The van der Waals surface area contributed by atoms with Crippen molar-refractivity contribution in [3.63, 3.8) is 0 Å². The minimum Gasteiger partial charge on any atom is -0.439 e. The SMILES string of the molecule is OCc1cccnc1Oc1cccc(Cl)c1. The van der Waals surface area contributed by atoms with E-state index in [1.165, 1.54) is 0 Å². The molecule has 0 radical (unpaired) electrons. The fourth-order valence-corrected chi connectivity index (χ4v) is 1.46. The van der Waals surface area contributed by atoms with Gasteiger partial charge in [0, 0.05) is 16.8 Å². The van der Waals surface area contributed by atoms with E-state index in [-0.39, 0.29) is 6.61 Å². The highest BCUT2D eigenvalue weighted by Crippen LogP contribution is 2.24. The van der Waals surface area contributed by atoms with Gasteiger partial charge in [-0.25, -0.2) is 4.98 Å². The molecule has 0 aliphatic heterocycles. The molecule has 0 spiro atoms. The smallest absolute Gasteiger partial charge is 0.224 e. The number of hydrogen-bond acceptors (Lipinski definition) is 3. The summed E-state index contributed by atoms with van der Waals surface area (Å²) in [5.74, 6) is 0.994. The zero-order valence-corrected chi connectivity index (χ0v) is 9.19. The largest absolute Gasteiger partial charge is 0.439 e. The molecule has 3 nitrogen and oxygen atoms in total. The number of benzene rings is 1. The van der Waals surface area contributed by atoms with E-state index in [0.717, 1.165) is 0 Å². The molecule has 0 amide bonds. The van der Waals surface area contributed by atoms with Crippen molar-refractivity contribution in [1.82, 2.24) is 4.98 Å². The maximum Gasteiger partial charge on any atom is 0.224 e. The molecule has 0 saturated heterocycles. The van der Waals surface area contributed by atoms with Crippen molar-refractivity contribution in [2.75, 3.05) is 0 Å². The number of ether oxygens (including phenoxy) is 1. The Morgan fingerprint density at radius 2 is 2.12 bits per heavy atom. The van der Waals surface area contributed by atoms with Crippen LogP contribution in [0.25, 0.3) is 0 Å². The molecule has 0 atom stereocenters. The van der Waals surface area contributed by atoms with Gasteiger partial charge in [-0.2, -0.15) is 0 Å². The second-order valence-corrected chi connectivity index (χ2v) is 3.62. The van der Waals surface area contributed by atoms with Crippen LogP contribution in [0, 0.1) is 0 Å². The van der Waals surface area contributed by atoms with Crippen LogP contribution in [0.3, 0.4) is 0 Å². The van der Waals surface area contributed by atoms with Gasteiger partial charge in [0.15, 0.2) is 0 Å². The molecule has 82 valence electrons. The number of halogens is 1. The second-order valence-electron chi connectivity index (χ2n) is 3.19. The number of pyridine rings is 1. The first-order valence-electron chi connectivity index (χ1n) is 4.78. The van der Waals surface area contributed by atoms with E-state index in [0.29, 0.717) is 22.2 Å². The molecule has 4 heteroatoms. The average Bonchev–Trinajstić information content (AvgIpc) is 2.30. The van der Waals surface area contributed by atoms with Gasteiger partial charge in [0.2, 0.25) is 5.88 Å². The quantitative estimate of drug-likeness (QED) is 0.889. The number of rotatable bonds is 3. The molecule has 0 unspecified atom stereocenters. The van der Waals surface area contributed by atoms with Gasteiger partial charge in [-0.05, 0) is 30.3 Å². The normalized spacial score (nSPS) is 10.1. The third-order valence-electron chi connectivity index (χ3n) is 2.03. The first-order valence-corrected chi connectivity index (χ1v) is 5.15. The predicted molar refractivity (Wildman–Crippen MR) is 61.7 cm³/mol. The molecular weight excluding hydrogens is 226 g/mol. The zero-order valence-electron chi connectivity index (χ0n) is 8.43. The average molecular weight is 236 g/mol. The summed E-state index contributed by atoms with van der Waals surface area (Å²) in [4.78, 5) is 4.05. The highest BCUT2D eigenvalue weighted by molar-refractivity contribution is 6.30. The van der Waals surface area contributed by atoms with Crippen molar-refractivity contribution < 1.29 is 9.84 Å². The summed E-state index contributed by atoms with van der Waals surface area (Å²) >= 11 is 5.83. The number of hydrogen-bond donors (Lipinski definition) is 1. The maximum absolute atomic E-state index is 9.10. The molecule has 1 aromatic carbocycles. The van der Waals surface area contributed by atoms with Crippen LogP contribution in [0.15, 0.2) is 42.6 Å². The van der Waals surface area contributed by atoms with E-state index in [9.17, 15) is 0 Å². The summed E-state index contributed by atoms with van der Waals surface area (Å²) in [5.41, 5.74) is 0.641. The van der Waals surface area contributed by atoms with E-state index in [1.54, 1.807) is 42.6 Å². The topological polar surface area (TPSA) is 42.4 Å². The van der Waals surface area contributed by atoms with Gasteiger partial charge in [0.1, 0.15) is 5.75 Å². The standard InChI is InChI=1S/C12H10ClNO2/c13-10-4-1-5-11(7-10)16-12-9(8-15)3-2-6-14-12/h1-7,15H,8H2. The van der Waals surface area contributed by atoms with Crippen LogP contribution in [0.4, 0.5) is 0 Å². The van der Waals surface area contributed by atoms with Crippen molar-refractivity contribution in [3.8, 4) is 11.6 Å². The number of aliphatic hydroxyl groups excluding tert-OH is 1. The van der Waals surface area contributed by atoms with Gasteiger partial charge in [-0.3, -0.25) is 0 Å². The summed E-state index contributed by atoms with van der Waals surface area (Å²) in [6, 6.07) is 10.5. The van der Waals surface area contributed by atoms with Crippen LogP contribution in [0.2, 0.25) is 5.02 Å². The summed E-state index contributed by atoms with van der Waals surface area (Å²) < 4.78 is 5.53. The van der Waals surface area contributed by atoms with Gasteiger partial charge in [-0.15, -0.1) is 0 Å². The molecule has 1 heterocycles. The Morgan fingerprint density at radius 1 is 1.25 bits per heavy atom. The molecular formula is C12H10ClNO2. The lowest BCUT2D eigenvalue weighted by Crippen LogP contribution is -1.93. The first-order chi connectivity index (χ1) is 7.79. The summed E-state index contributed by atoms with van der Waals surface area (Å²) in [7, 11) is 0. The van der Waals surface area contributed by atoms with Gasteiger partial charge < -0.3 is 9.84 Å². The lowest BCUT2D eigenvalue weighted by molar-refractivity contribution is 0.275. The minimum absolute atomic E-state index is 0.107. The Morgan fingerprint density at radius 3 is 2.88 bits per heavy atom. The highest BCUT2D eigenvalue weighted by atomic mass is 35.5. The van der Waals surface area contributed by atoms with E-state index in [2.05, 4.69) is 4.98 Å². The monoisotopic (exact) mass is 235 g/mol. The Balaban J connectivity index is 2.26. The number of aliphatic hydroxyl groups is 1. The lowest BCUT2D eigenvalue weighted by atomic mass is 10.3. The summed E-state index contributed by atoms with van der Waals surface area (Å²) in [6.45, 7) is -0.107. The molecule has 0 saturated carbocycles. The molecule has 0 aliphatic rings. The fraction of sp³-hybridized carbons (Fsp3) is 0.0833. The Labute approximate surface area is 98.3 Å². The van der Waals surface area contributed by atoms with Crippen LogP contribution < -0.4 is 4.74 Å². The zero-order chi connectivity index (χ0) is 11.4. The van der Waals surface area contributed by atoms with Gasteiger partial charge >= 0.3 is 0 Å². The van der Waals surface area contributed by atoms with Crippen molar-refractivity contribution in [1.29, 1.82) is 0 Å². The molecule has 16 heavy (non-hydrogen) atoms. The first kappa shape index (κ1) is 10.9. The molecule has 2 rings (SSSR count). The van der Waals surface area contributed by atoms with Gasteiger partial charge in [-0.1, -0.05) is 17.7 Å². The third-order valence-corrected chi connectivity index (χ3v) is 2.27. The van der Waals surface area contributed by atoms with E-state index in [4.69, 9.17) is 21.4 Å². The molecule has 1 aromatic heterocycles. The molecule has 0 fully saturated rings. The molecule has 0 bridgehead atoms. The van der Waals surface area contributed by atoms with Crippen LogP contribution in [-0.2, 0) is 6.61 Å². The van der Waals surface area contributed by atoms with Crippen LogP contribution in [0.5, 0.6) is 11.6 Å². The van der Waals surface area contributed by atoms with Gasteiger partial charge in [0.25, 0.3) is 0 Å². The highest BCUT2D eigenvalue weighted by Gasteiger charge is 2.04. The second kappa shape index (κ2) is 4.96. The fourth-order valence-electron chi connectivity index (χ4n) is 1.28. The summed E-state index contributed by atoms with van der Waals surface area (Å²) in [5, 5.41) is 9.70. The number of aromatic nitrogens is 1.